The number of hydrogen-bond acceptors (Lipinski definition) is 4. The van der Waals surface area contributed by atoms with Crippen LogP contribution in [0.4, 0.5) is 0 Å². The first-order valence-electron chi connectivity index (χ1n) is 8.12. The Kier molecular flexibility index (Phi) is 4.68. The number of aryl methyl sites for hydroxylation is 1. The topological polar surface area (TPSA) is 56.5 Å². The van der Waals surface area contributed by atoms with Crippen LogP contribution in [0.1, 0.15) is 16.8 Å². The van der Waals surface area contributed by atoms with E-state index in [0.717, 1.165) is 15.7 Å². The molecule has 4 rings (SSSR count). The monoisotopic (exact) mass is 441 g/mol. The van der Waals surface area contributed by atoms with E-state index in [2.05, 4.69) is 26.0 Å². The minimum Gasteiger partial charge on any atom is -0.402 e. The number of carbonyl (C=O) groups excluding carboxylic acids is 1. The first kappa shape index (κ1) is 17.7. The Labute approximate surface area is 169 Å². The summed E-state index contributed by atoms with van der Waals surface area (Å²) in [5, 5.41) is 4.88. The molecule has 0 atom stereocenters. The Morgan fingerprint density at radius 2 is 1.81 bits per heavy atom. The van der Waals surface area contributed by atoms with Gasteiger partial charge in [0.2, 0.25) is 5.90 Å². The van der Waals surface area contributed by atoms with Gasteiger partial charge >= 0.3 is 5.97 Å². The molecular weight excluding hydrogens is 430 g/mol. The van der Waals surface area contributed by atoms with Crippen LogP contribution < -0.4 is 0 Å². The number of aromatic nitrogens is 2. The van der Waals surface area contributed by atoms with Gasteiger partial charge in [0.1, 0.15) is 5.15 Å². The van der Waals surface area contributed by atoms with Gasteiger partial charge in [-0.15, -0.1) is 0 Å². The largest absolute Gasteiger partial charge is 0.402 e. The summed E-state index contributed by atoms with van der Waals surface area (Å²) >= 11 is 9.89. The van der Waals surface area contributed by atoms with Crippen LogP contribution in [0.2, 0.25) is 5.15 Å². The van der Waals surface area contributed by atoms with E-state index in [-0.39, 0.29) is 11.6 Å². The smallest absolute Gasteiger partial charge is 0.363 e. The van der Waals surface area contributed by atoms with Crippen molar-refractivity contribution in [2.24, 2.45) is 4.99 Å². The minimum absolute atomic E-state index is 0.186. The molecule has 5 nitrogen and oxygen atoms in total. The molecule has 0 N–H and O–H groups in total. The summed E-state index contributed by atoms with van der Waals surface area (Å²) in [6, 6.07) is 16.9. The Hall–Kier alpha value is -2.70. The van der Waals surface area contributed by atoms with Gasteiger partial charge in [0.05, 0.1) is 11.4 Å². The molecule has 0 saturated carbocycles. The van der Waals surface area contributed by atoms with Crippen molar-refractivity contribution in [3.05, 3.63) is 86.7 Å². The number of benzene rings is 2. The molecule has 0 spiro atoms. The Bertz CT molecular complexity index is 1090. The Morgan fingerprint density at radius 3 is 2.52 bits per heavy atom. The number of ether oxygens (including phenoxy) is 1. The summed E-state index contributed by atoms with van der Waals surface area (Å²) in [5.41, 5.74) is 3.07. The summed E-state index contributed by atoms with van der Waals surface area (Å²) in [6.45, 7) is 1.83. The number of rotatable bonds is 3. The average Bonchev–Trinajstić information content (AvgIpc) is 3.18. The summed E-state index contributed by atoms with van der Waals surface area (Å²) in [7, 11) is 0. The van der Waals surface area contributed by atoms with Gasteiger partial charge in [-0.3, -0.25) is 0 Å². The number of halogens is 2. The quantitative estimate of drug-likeness (QED) is 0.426. The van der Waals surface area contributed by atoms with Crippen molar-refractivity contribution in [2.45, 2.75) is 6.92 Å². The first-order chi connectivity index (χ1) is 13.0. The molecule has 3 aromatic rings. The average molecular weight is 443 g/mol. The van der Waals surface area contributed by atoms with E-state index in [9.17, 15) is 4.79 Å². The van der Waals surface area contributed by atoms with Crippen molar-refractivity contribution in [1.82, 2.24) is 9.78 Å². The fourth-order valence-electron chi connectivity index (χ4n) is 2.68. The maximum Gasteiger partial charge on any atom is 0.363 e. The molecule has 0 radical (unpaired) electrons. The number of esters is 1. The number of carbonyl (C=O) groups is 1. The van der Waals surface area contributed by atoms with Crippen LogP contribution in [0.3, 0.4) is 0 Å². The molecular formula is C20H13BrClN3O2. The van der Waals surface area contributed by atoms with E-state index >= 15 is 0 Å². The molecule has 7 heteroatoms. The number of hydrogen-bond donors (Lipinski definition) is 0. The second kappa shape index (κ2) is 7.13. The predicted octanol–water partition coefficient (Wildman–Crippen LogP) is 4.94. The van der Waals surface area contributed by atoms with Gasteiger partial charge in [-0.05, 0) is 49.4 Å². The molecule has 1 aromatic heterocycles. The van der Waals surface area contributed by atoms with Crippen molar-refractivity contribution < 1.29 is 9.53 Å². The zero-order valence-electron chi connectivity index (χ0n) is 14.2. The molecule has 0 aliphatic carbocycles. The van der Waals surface area contributed by atoms with E-state index in [1.807, 2.05) is 61.5 Å². The van der Waals surface area contributed by atoms with E-state index in [4.69, 9.17) is 16.3 Å². The predicted molar refractivity (Wildman–Crippen MR) is 108 cm³/mol. The highest BCUT2D eigenvalue weighted by atomic mass is 79.9. The van der Waals surface area contributed by atoms with Crippen LogP contribution in [0.25, 0.3) is 11.8 Å². The molecule has 1 aliphatic rings. The summed E-state index contributed by atoms with van der Waals surface area (Å²) in [6.07, 6.45) is 1.61. The van der Waals surface area contributed by atoms with Crippen LogP contribution in [0.5, 0.6) is 0 Å². The van der Waals surface area contributed by atoms with Gasteiger partial charge in [0.25, 0.3) is 0 Å². The van der Waals surface area contributed by atoms with Gasteiger partial charge in [0, 0.05) is 15.6 Å². The van der Waals surface area contributed by atoms with Gasteiger partial charge in [0.15, 0.2) is 5.70 Å². The lowest BCUT2D eigenvalue weighted by molar-refractivity contribution is -0.129. The van der Waals surface area contributed by atoms with Crippen molar-refractivity contribution in [2.75, 3.05) is 0 Å². The van der Waals surface area contributed by atoms with Gasteiger partial charge in [-0.1, -0.05) is 45.7 Å². The summed E-state index contributed by atoms with van der Waals surface area (Å²) < 4.78 is 7.86. The summed E-state index contributed by atoms with van der Waals surface area (Å²) in [5.74, 6) is -0.251. The number of cyclic esters (lactones) is 1. The highest BCUT2D eigenvalue weighted by molar-refractivity contribution is 9.10. The van der Waals surface area contributed by atoms with Gasteiger partial charge in [-0.25, -0.2) is 14.5 Å². The van der Waals surface area contributed by atoms with E-state index in [0.29, 0.717) is 16.4 Å². The number of aliphatic imine (C=N–C) groups is 1. The molecule has 27 heavy (non-hydrogen) atoms. The van der Waals surface area contributed by atoms with Crippen molar-refractivity contribution in [3.8, 4) is 5.69 Å². The number of nitrogens with zero attached hydrogens (tertiary/aromatic N) is 3. The highest BCUT2D eigenvalue weighted by Gasteiger charge is 2.25. The molecule has 0 saturated heterocycles. The van der Waals surface area contributed by atoms with Crippen LogP contribution in [-0.2, 0) is 9.53 Å². The third-order valence-electron chi connectivity index (χ3n) is 4.04. The van der Waals surface area contributed by atoms with E-state index < -0.39 is 5.97 Å². The third-order valence-corrected chi connectivity index (χ3v) is 4.93. The molecule has 0 unspecified atom stereocenters. The second-order valence-electron chi connectivity index (χ2n) is 5.88. The van der Waals surface area contributed by atoms with Crippen LogP contribution >= 0.6 is 27.5 Å². The van der Waals surface area contributed by atoms with Crippen molar-refractivity contribution >= 4 is 45.5 Å². The lowest BCUT2D eigenvalue weighted by atomic mass is 10.2. The molecule has 2 aromatic carbocycles. The van der Waals surface area contributed by atoms with Gasteiger partial charge < -0.3 is 4.74 Å². The zero-order chi connectivity index (χ0) is 19.0. The fraction of sp³-hybridized carbons (Fsp3) is 0.0500. The molecule has 134 valence electrons. The SMILES string of the molecule is Cc1nn(-c2ccccc2)c(Cl)c1C=C1N=C(c2ccc(Br)cc2)OC1=O. The highest BCUT2D eigenvalue weighted by Crippen LogP contribution is 2.28. The Morgan fingerprint density at radius 1 is 1.11 bits per heavy atom. The normalized spacial score (nSPS) is 15.1. The van der Waals surface area contributed by atoms with E-state index in [1.165, 1.54) is 0 Å². The minimum atomic E-state index is -0.518. The van der Waals surface area contributed by atoms with E-state index in [1.54, 1.807) is 10.8 Å². The third kappa shape index (κ3) is 3.46. The first-order valence-corrected chi connectivity index (χ1v) is 9.29. The summed E-state index contributed by atoms with van der Waals surface area (Å²) in [4.78, 5) is 16.6. The maximum atomic E-state index is 12.2. The second-order valence-corrected chi connectivity index (χ2v) is 7.15. The lowest BCUT2D eigenvalue weighted by Gasteiger charge is -2.01. The molecule has 0 bridgehead atoms. The van der Waals surface area contributed by atoms with Gasteiger partial charge in [-0.2, -0.15) is 5.10 Å². The lowest BCUT2D eigenvalue weighted by Crippen LogP contribution is -2.05. The van der Waals surface area contributed by atoms with Crippen LogP contribution in [0, 0.1) is 6.92 Å². The molecule has 2 heterocycles. The van der Waals surface area contributed by atoms with Crippen LogP contribution in [-0.4, -0.2) is 21.6 Å². The van der Waals surface area contributed by atoms with Crippen molar-refractivity contribution in [3.63, 3.8) is 0 Å². The standard InChI is InChI=1S/C20H13BrClN3O2/c1-12-16(18(22)25(24-12)15-5-3-2-4-6-15)11-17-20(26)27-19(23-17)13-7-9-14(21)10-8-13/h2-11H,1H3. The van der Waals surface area contributed by atoms with Crippen molar-refractivity contribution in [1.29, 1.82) is 0 Å². The number of para-hydroxylation sites is 1. The fourth-order valence-corrected chi connectivity index (χ4v) is 3.27. The van der Waals surface area contributed by atoms with Crippen LogP contribution in [0.15, 0.2) is 69.8 Å². The molecule has 1 aliphatic heterocycles. The zero-order valence-corrected chi connectivity index (χ0v) is 16.5. The molecule has 0 fully saturated rings. The maximum absolute atomic E-state index is 12.2. The Balaban J connectivity index is 1.72. The molecule has 0 amide bonds.